The molecule has 1 amide bonds. The second-order valence-corrected chi connectivity index (χ2v) is 5.66. The highest BCUT2D eigenvalue weighted by Gasteiger charge is 2.24. The van der Waals surface area contributed by atoms with Crippen LogP contribution in [0, 0.1) is 5.82 Å². The van der Waals surface area contributed by atoms with Crippen molar-refractivity contribution in [3.63, 3.8) is 0 Å². The zero-order valence-electron chi connectivity index (χ0n) is 11.7. The van der Waals surface area contributed by atoms with E-state index in [1.807, 2.05) is 0 Å². The lowest BCUT2D eigenvalue weighted by molar-refractivity contribution is 0.0983. The van der Waals surface area contributed by atoms with Crippen LogP contribution in [0.2, 0.25) is 10.0 Å². The van der Waals surface area contributed by atoms with E-state index in [-0.39, 0.29) is 22.2 Å². The molecular formula is C14H17Cl2FN2O2. The normalized spacial score (nSPS) is 15.9. The molecule has 21 heavy (non-hydrogen) atoms. The summed E-state index contributed by atoms with van der Waals surface area (Å²) in [6.45, 7) is 3.36. The molecule has 1 aromatic rings. The number of piperidine rings is 1. The monoisotopic (exact) mass is 334 g/mol. The Morgan fingerprint density at radius 1 is 1.38 bits per heavy atom. The Hall–Kier alpha value is -1.20. The third-order valence-electron chi connectivity index (χ3n) is 3.38. The fraction of sp³-hybridized carbons (Fsp3) is 0.500. The first-order chi connectivity index (χ1) is 10.0. The van der Waals surface area contributed by atoms with E-state index in [9.17, 15) is 9.18 Å². The number of benzene rings is 1. The van der Waals surface area contributed by atoms with Crippen molar-refractivity contribution in [3.05, 3.63) is 28.0 Å². The van der Waals surface area contributed by atoms with E-state index in [2.05, 4.69) is 5.32 Å². The molecule has 0 bridgehead atoms. The Labute approximate surface area is 133 Å². The van der Waals surface area contributed by atoms with Crippen LogP contribution in [0.5, 0.6) is 0 Å². The van der Waals surface area contributed by atoms with Crippen LogP contribution in [-0.4, -0.2) is 36.7 Å². The summed E-state index contributed by atoms with van der Waals surface area (Å²) >= 11 is 12.0. The number of halogens is 3. The van der Waals surface area contributed by atoms with Gasteiger partial charge in [0.25, 0.3) is 0 Å². The number of ether oxygens (including phenoxy) is 1. The van der Waals surface area contributed by atoms with Gasteiger partial charge in [-0.25, -0.2) is 9.18 Å². The molecule has 0 unspecified atom stereocenters. The van der Waals surface area contributed by atoms with Crippen LogP contribution in [0.4, 0.5) is 14.9 Å². The van der Waals surface area contributed by atoms with Crippen LogP contribution >= 0.6 is 23.2 Å². The lowest BCUT2D eigenvalue weighted by Gasteiger charge is -2.32. The number of anilines is 1. The number of carbonyl (C=O) groups is 1. The van der Waals surface area contributed by atoms with Gasteiger partial charge in [0.2, 0.25) is 0 Å². The molecule has 116 valence electrons. The predicted octanol–water partition coefficient (Wildman–Crippen LogP) is 4.17. The number of nitrogens with zero attached hydrogens (tertiary/aromatic N) is 1. The Kier molecular flexibility index (Phi) is 5.53. The van der Waals surface area contributed by atoms with Crippen molar-refractivity contribution in [2.24, 2.45) is 0 Å². The van der Waals surface area contributed by atoms with E-state index < -0.39 is 5.82 Å². The van der Waals surface area contributed by atoms with Crippen LogP contribution in [0.25, 0.3) is 0 Å². The van der Waals surface area contributed by atoms with E-state index in [0.717, 1.165) is 12.8 Å². The molecule has 0 spiro atoms. The summed E-state index contributed by atoms with van der Waals surface area (Å²) in [5.41, 5.74) is 0.536. The van der Waals surface area contributed by atoms with Gasteiger partial charge in [0.05, 0.1) is 22.3 Å². The Bertz CT molecular complexity index is 497. The first-order valence-corrected chi connectivity index (χ1v) is 7.59. The minimum atomic E-state index is -0.465. The van der Waals surface area contributed by atoms with Crippen LogP contribution in [-0.2, 0) is 4.74 Å². The lowest BCUT2D eigenvalue weighted by Crippen LogP contribution is -2.42. The second-order valence-electron chi connectivity index (χ2n) is 4.85. The van der Waals surface area contributed by atoms with Crippen LogP contribution in [0.15, 0.2) is 12.1 Å². The minimum absolute atomic E-state index is 0.135. The molecule has 0 aliphatic carbocycles. The average Bonchev–Trinajstić information content (AvgIpc) is 2.43. The molecule has 1 saturated heterocycles. The highest BCUT2D eigenvalue weighted by atomic mass is 35.5. The zero-order chi connectivity index (χ0) is 15.4. The van der Waals surface area contributed by atoms with E-state index >= 15 is 0 Å². The van der Waals surface area contributed by atoms with Crippen molar-refractivity contribution in [2.75, 3.05) is 25.0 Å². The van der Waals surface area contributed by atoms with E-state index in [1.165, 1.54) is 12.1 Å². The second kappa shape index (κ2) is 7.18. The fourth-order valence-corrected chi connectivity index (χ4v) is 2.87. The Balaban J connectivity index is 1.94. The van der Waals surface area contributed by atoms with Gasteiger partial charge in [-0.05, 0) is 31.9 Å². The first kappa shape index (κ1) is 16.2. The molecule has 0 saturated carbocycles. The van der Waals surface area contributed by atoms with Crippen molar-refractivity contribution >= 4 is 35.0 Å². The number of hydrogen-bond donors (Lipinski definition) is 1. The lowest BCUT2D eigenvalue weighted by atomic mass is 10.0. The molecule has 0 atom stereocenters. The summed E-state index contributed by atoms with van der Waals surface area (Å²) in [4.78, 5) is 13.3. The summed E-state index contributed by atoms with van der Waals surface area (Å²) in [7, 11) is 0. The van der Waals surface area contributed by atoms with Gasteiger partial charge in [-0.15, -0.1) is 0 Å². The average molecular weight is 335 g/mol. The highest BCUT2D eigenvalue weighted by molar-refractivity contribution is 6.39. The molecule has 1 fully saturated rings. The Morgan fingerprint density at radius 2 is 1.95 bits per heavy atom. The van der Waals surface area contributed by atoms with Gasteiger partial charge in [-0.1, -0.05) is 23.2 Å². The van der Waals surface area contributed by atoms with Gasteiger partial charge < -0.3 is 15.0 Å². The molecule has 1 heterocycles. The number of nitrogens with one attached hydrogen (secondary N) is 1. The van der Waals surface area contributed by atoms with E-state index in [0.29, 0.717) is 25.4 Å². The number of amides is 1. The molecule has 1 N–H and O–H groups in total. The van der Waals surface area contributed by atoms with Crippen LogP contribution in [0.3, 0.4) is 0 Å². The van der Waals surface area contributed by atoms with Gasteiger partial charge in [0, 0.05) is 19.1 Å². The zero-order valence-corrected chi connectivity index (χ0v) is 13.2. The molecule has 0 aromatic heterocycles. The maximum absolute atomic E-state index is 13.1. The van der Waals surface area contributed by atoms with Crippen molar-refractivity contribution in [2.45, 2.75) is 25.8 Å². The van der Waals surface area contributed by atoms with Gasteiger partial charge in [0.15, 0.2) is 0 Å². The first-order valence-electron chi connectivity index (χ1n) is 6.84. The summed E-state index contributed by atoms with van der Waals surface area (Å²) in [6, 6.07) is 2.59. The number of rotatable bonds is 3. The van der Waals surface area contributed by atoms with Gasteiger partial charge in [-0.3, -0.25) is 0 Å². The predicted molar refractivity (Wildman–Crippen MR) is 81.7 cm³/mol. The Morgan fingerprint density at radius 3 is 2.48 bits per heavy atom. The third-order valence-corrected chi connectivity index (χ3v) is 3.97. The topological polar surface area (TPSA) is 41.6 Å². The highest BCUT2D eigenvalue weighted by Crippen LogP contribution is 2.33. The number of hydrogen-bond acceptors (Lipinski definition) is 3. The standard InChI is InChI=1S/C14H17Cl2FN2O2/c1-2-21-14(20)19-5-3-10(4-6-19)18-13-11(15)7-9(17)8-12(13)16/h7-8,10,18H,2-6H2,1H3. The molecule has 1 aromatic carbocycles. The summed E-state index contributed by atoms with van der Waals surface area (Å²) < 4.78 is 18.1. The molecule has 4 nitrogen and oxygen atoms in total. The van der Waals surface area contributed by atoms with Crippen LogP contribution in [0.1, 0.15) is 19.8 Å². The number of carbonyl (C=O) groups excluding carboxylic acids is 1. The van der Waals surface area contributed by atoms with E-state index in [4.69, 9.17) is 27.9 Å². The van der Waals surface area contributed by atoms with Gasteiger partial charge in [0.1, 0.15) is 5.82 Å². The molecular weight excluding hydrogens is 318 g/mol. The largest absolute Gasteiger partial charge is 0.450 e. The SMILES string of the molecule is CCOC(=O)N1CCC(Nc2c(Cl)cc(F)cc2Cl)CC1. The molecule has 7 heteroatoms. The summed E-state index contributed by atoms with van der Waals surface area (Å²) in [5, 5.41) is 3.74. The van der Waals surface area contributed by atoms with Crippen molar-refractivity contribution in [3.8, 4) is 0 Å². The third kappa shape index (κ3) is 4.14. The van der Waals surface area contributed by atoms with Crippen molar-refractivity contribution < 1.29 is 13.9 Å². The fourth-order valence-electron chi connectivity index (χ4n) is 2.31. The smallest absolute Gasteiger partial charge is 0.409 e. The number of likely N-dealkylation sites (tertiary alicyclic amines) is 1. The summed E-state index contributed by atoms with van der Waals surface area (Å²) in [5.74, 6) is -0.465. The van der Waals surface area contributed by atoms with Gasteiger partial charge >= 0.3 is 6.09 Å². The van der Waals surface area contributed by atoms with E-state index in [1.54, 1.807) is 11.8 Å². The van der Waals surface area contributed by atoms with Crippen molar-refractivity contribution in [1.29, 1.82) is 0 Å². The quantitative estimate of drug-likeness (QED) is 0.902. The van der Waals surface area contributed by atoms with Crippen molar-refractivity contribution in [1.82, 2.24) is 4.90 Å². The molecule has 0 radical (unpaired) electrons. The summed E-state index contributed by atoms with van der Waals surface area (Å²) in [6.07, 6.45) is 1.22. The van der Waals surface area contributed by atoms with Gasteiger partial charge in [-0.2, -0.15) is 0 Å². The van der Waals surface area contributed by atoms with Crippen LogP contribution < -0.4 is 5.32 Å². The maximum Gasteiger partial charge on any atom is 0.409 e. The maximum atomic E-state index is 13.1. The molecule has 2 rings (SSSR count). The minimum Gasteiger partial charge on any atom is -0.450 e. The molecule has 1 aliphatic heterocycles. The molecule has 1 aliphatic rings.